The number of halogens is 3. The van der Waals surface area contributed by atoms with E-state index >= 15 is 0 Å². The summed E-state index contributed by atoms with van der Waals surface area (Å²) < 4.78 is 52.3. The van der Waals surface area contributed by atoms with Crippen molar-refractivity contribution in [1.82, 2.24) is 0 Å². The number of ether oxygens (including phenoxy) is 1. The molecular weight excluding hydrogens is 411 g/mol. The first kappa shape index (κ1) is 21.2. The fourth-order valence-electron chi connectivity index (χ4n) is 4.17. The predicted molar refractivity (Wildman–Crippen MR) is 109 cm³/mol. The standard InChI is InChI=1S/C23H22F3NO4/c1-30-15-7-5-14(6-8-15)19-20(29)16-9-10-18(28)17(13-27-11-3-2-4-12-27)21(16)31-22(19)23(24,25)26/h5-10,28H,2-4,11-13H2,1H3/p+1. The molecule has 1 aliphatic heterocycles. The van der Waals surface area contributed by atoms with Crippen molar-refractivity contribution in [3.05, 3.63) is 57.9 Å². The molecule has 2 heterocycles. The highest BCUT2D eigenvalue weighted by Gasteiger charge is 2.40. The second-order valence-electron chi connectivity index (χ2n) is 7.79. The van der Waals surface area contributed by atoms with Gasteiger partial charge in [-0.15, -0.1) is 0 Å². The van der Waals surface area contributed by atoms with E-state index in [1.807, 2.05) is 0 Å². The Balaban J connectivity index is 1.94. The van der Waals surface area contributed by atoms with E-state index in [0.717, 1.165) is 37.3 Å². The zero-order valence-electron chi connectivity index (χ0n) is 17.0. The first-order valence-corrected chi connectivity index (χ1v) is 10.2. The number of aromatic hydroxyl groups is 1. The molecule has 1 aliphatic rings. The summed E-state index contributed by atoms with van der Waals surface area (Å²) in [4.78, 5) is 14.4. The van der Waals surface area contributed by atoms with Gasteiger partial charge in [-0.3, -0.25) is 4.79 Å². The number of phenolic OH excluding ortho intramolecular Hbond substituents is 1. The minimum atomic E-state index is -4.89. The fraction of sp³-hybridized carbons (Fsp3) is 0.348. The van der Waals surface area contributed by atoms with Gasteiger partial charge in [-0.05, 0) is 49.1 Å². The van der Waals surface area contributed by atoms with Crippen LogP contribution in [0.3, 0.4) is 0 Å². The average Bonchev–Trinajstić information content (AvgIpc) is 2.76. The van der Waals surface area contributed by atoms with Crippen LogP contribution in [0.2, 0.25) is 0 Å². The molecule has 1 aromatic heterocycles. The number of benzene rings is 2. The lowest BCUT2D eigenvalue weighted by molar-refractivity contribution is -0.918. The summed E-state index contributed by atoms with van der Waals surface area (Å²) in [5, 5.41) is 10.4. The monoisotopic (exact) mass is 434 g/mol. The Morgan fingerprint density at radius 1 is 1.06 bits per heavy atom. The van der Waals surface area contributed by atoms with Gasteiger partial charge in [-0.25, -0.2) is 0 Å². The number of nitrogens with one attached hydrogen (secondary N) is 1. The van der Waals surface area contributed by atoms with Gasteiger partial charge < -0.3 is 19.2 Å². The largest absolute Gasteiger partial charge is 0.507 e. The molecular formula is C23H23F3NO4+. The SMILES string of the molecule is COc1ccc(-c2c(C(F)(F)F)oc3c(C[NH+]4CCCCC4)c(O)ccc3c2=O)cc1. The Hall–Kier alpha value is -3.00. The number of likely N-dealkylation sites (tertiary alicyclic amines) is 1. The van der Waals surface area contributed by atoms with Crippen LogP contribution in [0.25, 0.3) is 22.1 Å². The Kier molecular flexibility index (Phi) is 5.66. The zero-order valence-corrected chi connectivity index (χ0v) is 17.0. The molecule has 2 N–H and O–H groups in total. The lowest BCUT2D eigenvalue weighted by Crippen LogP contribution is -3.11. The van der Waals surface area contributed by atoms with Crippen LogP contribution in [0.15, 0.2) is 45.6 Å². The molecule has 4 rings (SSSR count). The summed E-state index contributed by atoms with van der Waals surface area (Å²) in [5.74, 6) is -1.08. The smallest absolute Gasteiger partial charge is 0.450 e. The number of hydrogen-bond donors (Lipinski definition) is 2. The number of methoxy groups -OCH3 is 1. The van der Waals surface area contributed by atoms with Crippen LogP contribution in [0.5, 0.6) is 11.5 Å². The van der Waals surface area contributed by atoms with Crippen molar-refractivity contribution in [3.63, 3.8) is 0 Å². The van der Waals surface area contributed by atoms with Crippen molar-refractivity contribution in [2.75, 3.05) is 20.2 Å². The quantitative estimate of drug-likeness (QED) is 0.657. The first-order valence-electron chi connectivity index (χ1n) is 10.2. The Labute approximate surface area is 176 Å². The molecule has 0 aliphatic carbocycles. The van der Waals surface area contributed by atoms with E-state index < -0.39 is 22.9 Å². The van der Waals surface area contributed by atoms with Crippen molar-refractivity contribution in [3.8, 4) is 22.6 Å². The van der Waals surface area contributed by atoms with E-state index in [9.17, 15) is 23.1 Å². The maximum atomic E-state index is 14.0. The molecule has 8 heteroatoms. The highest BCUT2D eigenvalue weighted by Crippen LogP contribution is 2.39. The maximum absolute atomic E-state index is 14.0. The van der Waals surface area contributed by atoms with Crippen LogP contribution in [-0.4, -0.2) is 25.3 Å². The molecule has 31 heavy (non-hydrogen) atoms. The van der Waals surface area contributed by atoms with Gasteiger partial charge >= 0.3 is 6.18 Å². The van der Waals surface area contributed by atoms with E-state index in [-0.39, 0.29) is 27.8 Å². The number of rotatable bonds is 4. The lowest BCUT2D eigenvalue weighted by Gasteiger charge is -2.24. The van der Waals surface area contributed by atoms with Gasteiger partial charge in [0.2, 0.25) is 11.2 Å². The van der Waals surface area contributed by atoms with Crippen LogP contribution < -0.4 is 15.1 Å². The van der Waals surface area contributed by atoms with Crippen molar-refractivity contribution in [2.45, 2.75) is 32.0 Å². The third kappa shape index (κ3) is 4.12. The number of quaternary nitrogens is 1. The number of alkyl halides is 3. The second-order valence-corrected chi connectivity index (χ2v) is 7.79. The zero-order chi connectivity index (χ0) is 22.2. The molecule has 0 spiro atoms. The normalized spacial score (nSPS) is 15.4. The van der Waals surface area contributed by atoms with Crippen molar-refractivity contribution in [1.29, 1.82) is 0 Å². The minimum Gasteiger partial charge on any atom is -0.507 e. The Morgan fingerprint density at radius 2 is 1.74 bits per heavy atom. The highest BCUT2D eigenvalue weighted by atomic mass is 19.4. The fourth-order valence-corrected chi connectivity index (χ4v) is 4.17. The number of phenols is 1. The van der Waals surface area contributed by atoms with Crippen molar-refractivity contribution < 1.29 is 32.3 Å². The van der Waals surface area contributed by atoms with E-state index in [1.165, 1.54) is 43.5 Å². The molecule has 5 nitrogen and oxygen atoms in total. The van der Waals surface area contributed by atoms with Gasteiger partial charge in [0, 0.05) is 0 Å². The molecule has 0 bridgehead atoms. The van der Waals surface area contributed by atoms with Gasteiger partial charge in [-0.1, -0.05) is 12.1 Å². The summed E-state index contributed by atoms with van der Waals surface area (Å²) >= 11 is 0. The molecule has 2 aromatic carbocycles. The molecule has 3 aromatic rings. The molecule has 0 amide bonds. The average molecular weight is 434 g/mol. The Morgan fingerprint density at radius 3 is 2.35 bits per heavy atom. The molecule has 1 fully saturated rings. The van der Waals surface area contributed by atoms with E-state index in [4.69, 9.17) is 9.15 Å². The van der Waals surface area contributed by atoms with Gasteiger partial charge in [0.1, 0.15) is 18.0 Å². The summed E-state index contributed by atoms with van der Waals surface area (Å²) in [7, 11) is 1.44. The molecule has 0 radical (unpaired) electrons. The highest BCUT2D eigenvalue weighted by molar-refractivity contribution is 5.86. The van der Waals surface area contributed by atoms with Crippen LogP contribution in [-0.2, 0) is 12.7 Å². The van der Waals surface area contributed by atoms with Crippen LogP contribution in [0.4, 0.5) is 13.2 Å². The molecule has 164 valence electrons. The first-order chi connectivity index (χ1) is 14.8. The number of piperidine rings is 1. The minimum absolute atomic E-state index is 0.0167. The summed E-state index contributed by atoms with van der Waals surface area (Å²) in [5.41, 5.74) is -1.22. The van der Waals surface area contributed by atoms with Crippen molar-refractivity contribution in [2.24, 2.45) is 0 Å². The third-order valence-corrected chi connectivity index (χ3v) is 5.76. The summed E-state index contributed by atoms with van der Waals surface area (Å²) in [6.45, 7) is 2.01. The summed E-state index contributed by atoms with van der Waals surface area (Å²) in [6.07, 6.45) is -1.74. The molecule has 0 unspecified atom stereocenters. The van der Waals surface area contributed by atoms with Gasteiger partial charge in [0.05, 0.1) is 36.7 Å². The lowest BCUT2D eigenvalue weighted by atomic mass is 9.99. The molecule has 0 saturated carbocycles. The van der Waals surface area contributed by atoms with Crippen LogP contribution >= 0.6 is 0 Å². The second kappa shape index (κ2) is 8.26. The number of fused-ring (bicyclic) bond motifs is 1. The van der Waals surface area contributed by atoms with Gasteiger partial charge in [0.25, 0.3) is 0 Å². The van der Waals surface area contributed by atoms with Crippen molar-refractivity contribution >= 4 is 11.0 Å². The van der Waals surface area contributed by atoms with E-state index in [0.29, 0.717) is 12.3 Å². The van der Waals surface area contributed by atoms with Gasteiger partial charge in [-0.2, -0.15) is 13.2 Å². The number of hydrogen-bond acceptors (Lipinski definition) is 4. The predicted octanol–water partition coefficient (Wildman–Crippen LogP) is 3.76. The summed E-state index contributed by atoms with van der Waals surface area (Å²) in [6, 6.07) is 8.43. The topological polar surface area (TPSA) is 64.1 Å². The Bertz CT molecular complexity index is 1150. The maximum Gasteiger partial charge on any atom is 0.450 e. The molecule has 1 saturated heterocycles. The van der Waals surface area contributed by atoms with Crippen LogP contribution in [0, 0.1) is 0 Å². The van der Waals surface area contributed by atoms with Gasteiger partial charge in [0.15, 0.2) is 5.58 Å². The van der Waals surface area contributed by atoms with Crippen LogP contribution in [0.1, 0.15) is 30.6 Å². The third-order valence-electron chi connectivity index (χ3n) is 5.76. The molecule has 0 atom stereocenters. The van der Waals surface area contributed by atoms with E-state index in [2.05, 4.69) is 0 Å². The van der Waals surface area contributed by atoms with E-state index in [1.54, 1.807) is 0 Å².